The number of hydrogen-bond donors (Lipinski definition) is 4. The van der Waals surface area contributed by atoms with E-state index in [9.17, 15) is 38.4 Å². The molecule has 5 aliphatic rings. The lowest BCUT2D eigenvalue weighted by Crippen LogP contribution is -2.44. The number of hydrogen-bond acceptors (Lipinski definition) is 11. The summed E-state index contributed by atoms with van der Waals surface area (Å²) in [5.74, 6) is 0.652. The van der Waals surface area contributed by atoms with Gasteiger partial charge in [-0.3, -0.25) is 48.0 Å². The zero-order valence-electron chi connectivity index (χ0n) is 79.8. The van der Waals surface area contributed by atoms with Gasteiger partial charge in [0.05, 0.1) is 12.2 Å². The maximum Gasteiger partial charge on any atom is 0.270 e. The molecule has 20 rings (SSSR count). The van der Waals surface area contributed by atoms with Crippen molar-refractivity contribution in [3.05, 3.63) is 356 Å². The van der Waals surface area contributed by atoms with Crippen LogP contribution in [0.1, 0.15) is 145 Å². The molecule has 0 aliphatic carbocycles. The Morgan fingerprint density at radius 3 is 0.929 bits per heavy atom. The largest absolute Gasteiger partial charge is 0.357 e. The first kappa shape index (κ1) is 99.0. The zero-order valence-corrected chi connectivity index (χ0v) is 82.8. The average Bonchev–Trinajstić information content (AvgIpc) is 1.64. The Hall–Kier alpha value is -13.6. The fourth-order valence-corrected chi connectivity index (χ4v) is 20.2. The van der Waals surface area contributed by atoms with Crippen LogP contribution < -0.4 is 21.3 Å². The van der Waals surface area contributed by atoms with Gasteiger partial charge in [-0.2, -0.15) is 5.10 Å². The summed E-state index contributed by atoms with van der Waals surface area (Å²) >= 11 is 24.2. The molecular formula is C112H119Cl4N17O8. The van der Waals surface area contributed by atoms with Crippen LogP contribution in [0.25, 0.3) is 43.6 Å². The number of nitrogens with one attached hydrogen (secondary N) is 4. The monoisotopic (exact) mass is 1970 g/mol. The fourth-order valence-electron chi connectivity index (χ4n) is 19.7. The van der Waals surface area contributed by atoms with Gasteiger partial charge in [0, 0.05) is 231 Å². The van der Waals surface area contributed by atoms with Crippen LogP contribution in [0, 0.1) is 29.6 Å². The number of carbonyl (C=O) groups is 8. The molecule has 5 aliphatic heterocycles. The fraction of sp³-hybridized carbons (Fsp3) is 0.321. The second-order valence-corrected chi connectivity index (χ2v) is 39.4. The van der Waals surface area contributed by atoms with E-state index in [1.165, 1.54) is 0 Å². The molecule has 0 saturated carbocycles. The Bertz CT molecular complexity index is 6660. The normalized spacial score (nSPS) is 15.3. The number of likely N-dealkylation sites (tertiary alicyclic amines) is 5. The van der Waals surface area contributed by atoms with Crippen LogP contribution in [0.5, 0.6) is 0 Å². The Kier molecular flexibility index (Phi) is 32.8. The van der Waals surface area contributed by atoms with Gasteiger partial charge in [-0.25, -0.2) is 0 Å². The highest BCUT2D eigenvalue weighted by molar-refractivity contribution is 6.31. The molecule has 29 heteroatoms. The van der Waals surface area contributed by atoms with Gasteiger partial charge in [-0.15, -0.1) is 0 Å². The quantitative estimate of drug-likeness (QED) is 0.0442. The lowest BCUT2D eigenvalue weighted by molar-refractivity contribution is -0.127. The molecule has 8 amide bonds. The van der Waals surface area contributed by atoms with Crippen molar-refractivity contribution in [1.82, 2.24) is 83.4 Å². The first-order valence-corrected chi connectivity index (χ1v) is 50.3. The van der Waals surface area contributed by atoms with Gasteiger partial charge in [-0.05, 0) is 239 Å². The molecule has 141 heavy (non-hydrogen) atoms. The Balaban J connectivity index is 0.000000130. The van der Waals surface area contributed by atoms with E-state index in [0.29, 0.717) is 198 Å². The molecule has 0 radical (unpaired) electrons. The van der Waals surface area contributed by atoms with Gasteiger partial charge in [-0.1, -0.05) is 174 Å². The number of fused-ring (bicyclic) bond motifs is 4. The minimum absolute atomic E-state index is 0.00232. The number of nitrogens with zero attached hydrogens (tertiary/aromatic N) is 13. The molecule has 0 atom stereocenters. The molecule has 0 spiro atoms. The van der Waals surface area contributed by atoms with E-state index >= 15 is 0 Å². The molecule has 0 unspecified atom stereocenters. The number of carbonyl (C=O) groups excluding carboxylic acids is 8. The van der Waals surface area contributed by atoms with Crippen molar-refractivity contribution in [3.63, 3.8) is 0 Å². The summed E-state index contributed by atoms with van der Waals surface area (Å²) in [6, 6.07) is 78.8. The zero-order chi connectivity index (χ0) is 98.0. The van der Waals surface area contributed by atoms with Crippen LogP contribution in [-0.2, 0) is 79.1 Å². The van der Waals surface area contributed by atoms with Crippen molar-refractivity contribution < 1.29 is 38.4 Å². The second kappa shape index (κ2) is 46.7. The van der Waals surface area contributed by atoms with Crippen LogP contribution in [0.15, 0.2) is 274 Å². The molecular weight excluding hydrogens is 1850 g/mol. The van der Waals surface area contributed by atoms with Crippen LogP contribution >= 0.6 is 46.4 Å². The second-order valence-electron chi connectivity index (χ2n) is 37.6. The molecule has 7 aromatic heterocycles. The Morgan fingerprint density at radius 1 is 0.319 bits per heavy atom. The minimum Gasteiger partial charge on any atom is -0.357 e. The van der Waals surface area contributed by atoms with Gasteiger partial charge >= 0.3 is 0 Å². The van der Waals surface area contributed by atoms with Crippen molar-refractivity contribution in [2.75, 3.05) is 79.0 Å². The summed E-state index contributed by atoms with van der Waals surface area (Å²) in [6.45, 7) is 11.4. The lowest BCUT2D eigenvalue weighted by Gasteiger charge is -2.32. The predicted octanol–water partition coefficient (Wildman–Crippen LogP) is 18.7. The number of amides is 8. The number of pyridine rings is 1. The lowest BCUT2D eigenvalue weighted by atomic mass is 9.94. The first-order valence-electron chi connectivity index (χ1n) is 48.8. The summed E-state index contributed by atoms with van der Waals surface area (Å²) in [5.41, 5.74) is 14.0. The summed E-state index contributed by atoms with van der Waals surface area (Å²) in [6.07, 6.45) is 17.0. The average molecular weight is 1970 g/mol. The summed E-state index contributed by atoms with van der Waals surface area (Å²) in [4.78, 5) is 119. The van der Waals surface area contributed by atoms with Crippen molar-refractivity contribution in [1.29, 1.82) is 0 Å². The molecule has 8 aromatic carbocycles. The molecule has 5 saturated heterocycles. The molecule has 5 fully saturated rings. The highest BCUT2D eigenvalue weighted by atomic mass is 35.5. The third kappa shape index (κ3) is 25.3. The minimum atomic E-state index is -0.0947. The number of halogens is 4. The van der Waals surface area contributed by atoms with Gasteiger partial charge < -0.3 is 68.6 Å². The molecule has 0 bridgehead atoms. The van der Waals surface area contributed by atoms with E-state index < -0.39 is 0 Å². The van der Waals surface area contributed by atoms with Crippen LogP contribution in [0.2, 0.25) is 20.1 Å². The van der Waals surface area contributed by atoms with Crippen molar-refractivity contribution >= 4 is 137 Å². The van der Waals surface area contributed by atoms with E-state index in [2.05, 4.69) is 67.6 Å². The van der Waals surface area contributed by atoms with Gasteiger partial charge in [0.25, 0.3) is 23.6 Å². The molecule has 25 nitrogen and oxygen atoms in total. The van der Waals surface area contributed by atoms with Gasteiger partial charge in [0.15, 0.2) is 0 Å². The number of para-hydroxylation sites is 4. The van der Waals surface area contributed by atoms with E-state index in [0.717, 1.165) is 115 Å². The predicted molar refractivity (Wildman–Crippen MR) is 556 cm³/mol. The third-order valence-corrected chi connectivity index (χ3v) is 28.9. The number of rotatable bonds is 24. The van der Waals surface area contributed by atoms with E-state index in [1.54, 1.807) is 17.1 Å². The van der Waals surface area contributed by atoms with E-state index in [-0.39, 0.29) is 70.9 Å². The standard InChI is InChI=1S/C29H35ClN4O2.C28H29ClN4O2.C28H27ClN4O2.C27H28ClN5O2/c1-32-14-10-21(11-15-32)19-31-28(35)23-12-16-33(17-13-23)29(36)27-18-24-4-2-3-5-26(24)34(27)20-22-6-8-25(30)9-7-22;1-31-13-10-21(18-31)17-30-27(34)22-11-14-32(15-12-22)28(35)26-16-23-4-2-3-5-25(23)33(26)19-20-6-8-24(29)9-7-20;29-24-9-7-20(8-10-24)19-33-25-6-2-1-5-23(25)16-26(33)28(35)32-14-11-22(12-15-32)27(34)31-18-21-4-3-13-30-17-21;1-31-13-12-23(30-31)17-29-26(34)20-10-14-32(15-11-20)27(35)25-16-21-4-2-3-5-24(21)33(25)18-19-6-8-22(28)9-7-19/h2-9,18,21,23H,10-17,19-20H2,1H3,(H,31,35);2-10,13,16,18,22H,11-12,14-15,17,19H2,1H3,(H,30,34);1-10,13,16-17,22H,11-12,14-15,18-19H2,(H,31,34);2-9,12-13,16,20H,10-11,14-15,17-18H2,1H3,(H,29,34). The van der Waals surface area contributed by atoms with E-state index in [1.807, 2.05) is 293 Å². The van der Waals surface area contributed by atoms with Crippen LogP contribution in [-0.4, -0.2) is 188 Å². The first-order chi connectivity index (χ1) is 68.5. The number of benzene rings is 8. The smallest absolute Gasteiger partial charge is 0.270 e. The molecule has 12 heterocycles. The number of aryl methyl sites for hydroxylation is 2. The van der Waals surface area contributed by atoms with Crippen molar-refractivity contribution in [2.45, 2.75) is 110 Å². The summed E-state index contributed by atoms with van der Waals surface area (Å²) in [5, 5.41) is 23.5. The van der Waals surface area contributed by atoms with Crippen LogP contribution in [0.3, 0.4) is 0 Å². The summed E-state index contributed by atoms with van der Waals surface area (Å²) in [7, 11) is 5.97. The van der Waals surface area contributed by atoms with Gasteiger partial charge in [0.2, 0.25) is 23.6 Å². The van der Waals surface area contributed by atoms with Gasteiger partial charge in [0.1, 0.15) is 22.8 Å². The number of aromatic nitrogens is 8. The number of piperidine rings is 5. The highest BCUT2D eigenvalue weighted by Gasteiger charge is 2.36. The van der Waals surface area contributed by atoms with Crippen LogP contribution in [0.4, 0.5) is 0 Å². The Labute approximate surface area is 841 Å². The third-order valence-electron chi connectivity index (χ3n) is 27.9. The molecule has 728 valence electrons. The topological polar surface area (TPSA) is 256 Å². The maximum absolute atomic E-state index is 13.6. The molecule has 4 N–H and O–H groups in total. The SMILES string of the molecule is CN1CCC(CNC(=O)C2CCN(C(=O)c3cc4ccccc4n3Cc3ccc(Cl)cc3)CC2)CC1.Cn1ccc(CNC(=O)C2CCN(C(=O)c3cc4ccccc4n3Cc3ccc(Cl)cc3)CC2)c1.Cn1ccc(CNC(=O)C2CCN(C(=O)c3cc4ccccc4n3Cc3ccc(Cl)cc3)CC2)n1.O=C(NCc1cccnc1)C1CCN(C(=O)c2cc3ccccc3n2Cc2ccc(Cl)cc2)CC1. The van der Waals surface area contributed by atoms with E-state index in [4.69, 9.17) is 46.4 Å². The highest BCUT2D eigenvalue weighted by Crippen LogP contribution is 2.34. The molecule has 15 aromatic rings. The summed E-state index contributed by atoms with van der Waals surface area (Å²) < 4.78 is 12.0. The van der Waals surface area contributed by atoms with Crippen molar-refractivity contribution in [2.24, 2.45) is 43.7 Å². The Morgan fingerprint density at radius 2 is 0.631 bits per heavy atom. The van der Waals surface area contributed by atoms with Crippen molar-refractivity contribution in [3.8, 4) is 0 Å². The maximum atomic E-state index is 13.6.